The molecule has 1 N–H and O–H groups in total. The summed E-state index contributed by atoms with van der Waals surface area (Å²) in [6.45, 7) is 0. The molecule has 10 aromatic carbocycles. The van der Waals surface area contributed by atoms with Crippen LogP contribution >= 0.6 is 0 Å². The van der Waals surface area contributed by atoms with Crippen LogP contribution in [0.5, 0.6) is 0 Å². The predicted octanol–water partition coefficient (Wildman–Crippen LogP) is 15.8. The highest BCUT2D eigenvalue weighted by atomic mass is 16.3. The largest absolute Gasteiger partial charge is 0.456 e. The maximum absolute atomic E-state index is 6.61. The van der Waals surface area contributed by atoms with Crippen molar-refractivity contribution in [2.75, 3.05) is 0 Å². The van der Waals surface area contributed by atoms with Gasteiger partial charge in [0.2, 0.25) is 0 Å². The van der Waals surface area contributed by atoms with Crippen LogP contribution < -0.4 is 5.32 Å². The minimum Gasteiger partial charge on any atom is -0.456 e. The third-order valence-corrected chi connectivity index (χ3v) is 14.2. The van der Waals surface area contributed by atoms with Crippen molar-refractivity contribution in [2.24, 2.45) is 9.98 Å². The minimum atomic E-state index is -0.465. The number of para-hydroxylation sites is 4. The van der Waals surface area contributed by atoms with Crippen molar-refractivity contribution in [3.05, 3.63) is 241 Å². The Bertz CT molecular complexity index is 4500. The number of amidine groups is 2. The van der Waals surface area contributed by atoms with Gasteiger partial charge < -0.3 is 23.3 Å². The van der Waals surface area contributed by atoms with Gasteiger partial charge in [-0.25, -0.2) is 9.98 Å². The van der Waals surface area contributed by atoms with E-state index < -0.39 is 6.17 Å². The van der Waals surface area contributed by atoms with Crippen molar-refractivity contribution in [2.45, 2.75) is 6.17 Å². The summed E-state index contributed by atoms with van der Waals surface area (Å²) in [6, 6.07) is 79.1. The molecule has 0 amide bonds. The van der Waals surface area contributed by atoms with E-state index in [1.54, 1.807) is 0 Å². The zero-order valence-electron chi connectivity index (χ0n) is 37.5. The molecule has 328 valence electrons. The second kappa shape index (κ2) is 15.0. The number of nitrogens with one attached hydrogen (secondary N) is 1. The van der Waals surface area contributed by atoms with Crippen LogP contribution in [0, 0.1) is 0 Å². The molecule has 0 saturated heterocycles. The summed E-state index contributed by atoms with van der Waals surface area (Å²) >= 11 is 0. The number of aliphatic imine (C=N–C) groups is 2. The van der Waals surface area contributed by atoms with E-state index in [-0.39, 0.29) is 0 Å². The van der Waals surface area contributed by atoms with Gasteiger partial charge in [0.05, 0.1) is 22.1 Å². The van der Waals surface area contributed by atoms with E-state index in [1.807, 2.05) is 30.3 Å². The number of aromatic nitrogens is 2. The molecular formula is C63H39N5O2. The van der Waals surface area contributed by atoms with Crippen LogP contribution in [0.4, 0.5) is 0 Å². The van der Waals surface area contributed by atoms with Crippen LogP contribution in [0.15, 0.2) is 243 Å². The van der Waals surface area contributed by atoms with Gasteiger partial charge in [-0.15, -0.1) is 0 Å². The number of hydrogen-bond acceptors (Lipinski definition) is 5. The summed E-state index contributed by atoms with van der Waals surface area (Å²) in [5, 5.41) is 12.9. The van der Waals surface area contributed by atoms with E-state index in [9.17, 15) is 0 Å². The summed E-state index contributed by atoms with van der Waals surface area (Å²) in [7, 11) is 0. The first kappa shape index (κ1) is 38.6. The van der Waals surface area contributed by atoms with Crippen LogP contribution in [0.3, 0.4) is 0 Å². The molecule has 0 radical (unpaired) electrons. The number of fused-ring (bicyclic) bond motifs is 13. The van der Waals surface area contributed by atoms with Gasteiger partial charge in [0.25, 0.3) is 0 Å². The number of nitrogens with zero attached hydrogens (tertiary/aromatic N) is 4. The van der Waals surface area contributed by atoms with Gasteiger partial charge in [0.15, 0.2) is 5.84 Å². The second-order valence-corrected chi connectivity index (χ2v) is 18.1. The fourth-order valence-corrected chi connectivity index (χ4v) is 11.0. The normalized spacial score (nSPS) is 14.1. The summed E-state index contributed by atoms with van der Waals surface area (Å²) in [6.07, 6.45) is -0.465. The lowest BCUT2D eigenvalue weighted by Crippen LogP contribution is -2.33. The molecule has 4 aromatic heterocycles. The van der Waals surface area contributed by atoms with Crippen LogP contribution in [0.25, 0.3) is 110 Å². The van der Waals surface area contributed by atoms with Gasteiger partial charge in [-0.2, -0.15) is 0 Å². The third-order valence-electron chi connectivity index (χ3n) is 14.2. The first-order valence-corrected chi connectivity index (χ1v) is 23.7. The number of rotatable bonds is 6. The Morgan fingerprint density at radius 1 is 0.386 bits per heavy atom. The zero-order valence-corrected chi connectivity index (χ0v) is 37.5. The van der Waals surface area contributed by atoms with E-state index >= 15 is 0 Å². The average molecular weight is 898 g/mol. The van der Waals surface area contributed by atoms with E-state index in [0.29, 0.717) is 11.7 Å². The lowest BCUT2D eigenvalue weighted by molar-refractivity contribution is 0.654. The van der Waals surface area contributed by atoms with Gasteiger partial charge in [-0.05, 0) is 96.1 Å². The van der Waals surface area contributed by atoms with Crippen molar-refractivity contribution < 1.29 is 8.83 Å². The summed E-state index contributed by atoms with van der Waals surface area (Å²) in [5.41, 5.74) is 15.2. The van der Waals surface area contributed by atoms with E-state index in [4.69, 9.17) is 18.8 Å². The molecule has 0 aliphatic carbocycles. The Morgan fingerprint density at radius 2 is 1.01 bits per heavy atom. The Hall–Kier alpha value is -9.46. The Labute approximate surface area is 400 Å². The standard InChI is InChI=1S/C63H39N5O2/c1-3-14-38(15-4-1)44-21-13-25-55-58(44)50-33-29-41(37-57(50)70-55)63-65-61(64-62(66-63)40-28-32-47-46-19-9-12-24-54(46)69-56(47)36-40)39-26-30-43(31-27-39)68-51-22-10-7-18-45(51)48-34-35-53-59(60(48)68)49-20-8-11-23-52(49)67(53)42-16-5-2-6-17-42/h1-37,63H,(H,64,65,66). The van der Waals surface area contributed by atoms with Crippen molar-refractivity contribution in [1.82, 2.24) is 14.5 Å². The van der Waals surface area contributed by atoms with Crippen LogP contribution in [-0.2, 0) is 0 Å². The minimum absolute atomic E-state index is 0.465. The van der Waals surface area contributed by atoms with Gasteiger partial charge in [-0.1, -0.05) is 140 Å². The Morgan fingerprint density at radius 3 is 1.86 bits per heavy atom. The molecule has 7 nitrogen and oxygen atoms in total. The molecule has 14 aromatic rings. The molecule has 15 rings (SSSR count). The highest BCUT2D eigenvalue weighted by molar-refractivity contribution is 6.26. The van der Waals surface area contributed by atoms with Gasteiger partial charge >= 0.3 is 0 Å². The molecular weight excluding hydrogens is 859 g/mol. The summed E-state index contributed by atoms with van der Waals surface area (Å²) in [4.78, 5) is 10.6. The lowest BCUT2D eigenvalue weighted by Gasteiger charge is -2.23. The van der Waals surface area contributed by atoms with E-state index in [1.165, 1.54) is 32.6 Å². The Balaban J connectivity index is 0.887. The highest BCUT2D eigenvalue weighted by Gasteiger charge is 2.25. The van der Waals surface area contributed by atoms with Gasteiger partial charge in [0, 0.05) is 71.2 Å². The molecule has 70 heavy (non-hydrogen) atoms. The molecule has 0 saturated carbocycles. The molecule has 5 heterocycles. The molecule has 0 spiro atoms. The third kappa shape index (κ3) is 5.82. The van der Waals surface area contributed by atoms with Crippen molar-refractivity contribution >= 4 is 99.2 Å². The second-order valence-electron chi connectivity index (χ2n) is 18.1. The highest BCUT2D eigenvalue weighted by Crippen LogP contribution is 2.43. The summed E-state index contributed by atoms with van der Waals surface area (Å²) < 4.78 is 17.8. The quantitative estimate of drug-likeness (QED) is 0.181. The maximum Gasteiger partial charge on any atom is 0.159 e. The topological polar surface area (TPSA) is 72.9 Å². The number of benzene rings is 10. The lowest BCUT2D eigenvalue weighted by atomic mass is 9.99. The van der Waals surface area contributed by atoms with Gasteiger partial charge in [0.1, 0.15) is 34.3 Å². The van der Waals surface area contributed by atoms with E-state index in [0.717, 1.165) is 94.1 Å². The average Bonchev–Trinajstić information content (AvgIpc) is 4.19. The van der Waals surface area contributed by atoms with Crippen LogP contribution in [0.2, 0.25) is 0 Å². The molecule has 1 aliphatic rings. The molecule has 1 unspecified atom stereocenters. The first-order valence-electron chi connectivity index (χ1n) is 23.7. The molecule has 1 atom stereocenters. The van der Waals surface area contributed by atoms with Crippen LogP contribution in [-0.4, -0.2) is 20.8 Å². The molecule has 0 fully saturated rings. The number of furan rings is 2. The smallest absolute Gasteiger partial charge is 0.159 e. The molecule has 1 aliphatic heterocycles. The molecule has 0 bridgehead atoms. The van der Waals surface area contributed by atoms with Crippen molar-refractivity contribution in [3.63, 3.8) is 0 Å². The van der Waals surface area contributed by atoms with Crippen LogP contribution in [0.1, 0.15) is 22.9 Å². The zero-order chi connectivity index (χ0) is 45.9. The number of hydrogen-bond donors (Lipinski definition) is 1. The monoisotopic (exact) mass is 897 g/mol. The Kier molecular flexibility index (Phi) is 8.29. The fourth-order valence-electron chi connectivity index (χ4n) is 11.0. The molecule has 7 heteroatoms. The summed E-state index contributed by atoms with van der Waals surface area (Å²) in [5.74, 6) is 1.33. The first-order chi connectivity index (χ1) is 34.7. The maximum atomic E-state index is 6.61. The van der Waals surface area contributed by atoms with E-state index in [2.05, 4.69) is 209 Å². The predicted molar refractivity (Wildman–Crippen MR) is 287 cm³/mol. The van der Waals surface area contributed by atoms with Crippen molar-refractivity contribution in [1.29, 1.82) is 0 Å². The van der Waals surface area contributed by atoms with Gasteiger partial charge in [-0.3, -0.25) is 0 Å². The SMILES string of the molecule is c1ccc(-c2cccc3oc4cc(C5N=C(c6ccc(-n7c8ccccc8c8ccc9c(c%10ccccc%10n9-c9ccccc9)c87)cc6)N=C(c6ccc7c(c6)oc6ccccc67)N5)ccc4c23)cc1. The fraction of sp³-hybridized carbons (Fsp3) is 0.0159. The van der Waals surface area contributed by atoms with Crippen molar-refractivity contribution in [3.8, 4) is 22.5 Å².